The van der Waals surface area contributed by atoms with E-state index in [0.717, 1.165) is 17.7 Å². The summed E-state index contributed by atoms with van der Waals surface area (Å²) >= 11 is 5.91. The topological polar surface area (TPSA) is 77.3 Å². The van der Waals surface area contributed by atoms with E-state index in [4.69, 9.17) is 11.6 Å². The molecule has 0 amide bonds. The Labute approximate surface area is 143 Å². The van der Waals surface area contributed by atoms with Gasteiger partial charge in [0.05, 0.1) is 9.82 Å². The van der Waals surface area contributed by atoms with Crippen LogP contribution in [0.2, 0.25) is 5.02 Å². The van der Waals surface area contributed by atoms with Crippen molar-refractivity contribution >= 4 is 39.7 Å². The molecule has 0 saturated heterocycles. The van der Waals surface area contributed by atoms with Crippen molar-refractivity contribution in [2.24, 2.45) is 0 Å². The predicted octanol–water partition coefficient (Wildman–Crippen LogP) is 4.63. The number of allylic oxidation sites excluding steroid dienone is 2. The summed E-state index contributed by atoms with van der Waals surface area (Å²) in [5, 5.41) is 10.7. The van der Waals surface area contributed by atoms with E-state index in [1.807, 2.05) is 0 Å². The molecular weight excluding hydrogens is 357 g/mol. The molecule has 2 aromatic rings. The number of benzene rings is 2. The third-order valence-corrected chi connectivity index (χ3v) is 4.18. The molecule has 2 aromatic carbocycles. The van der Waals surface area contributed by atoms with Gasteiger partial charge in [0, 0.05) is 17.2 Å². The number of nitro benzene ring substituents is 1. The summed E-state index contributed by atoms with van der Waals surface area (Å²) in [6.07, 6.45) is 6.71. The lowest BCUT2D eigenvalue weighted by Crippen LogP contribution is -1.91. The minimum atomic E-state index is -4.78. The lowest BCUT2D eigenvalue weighted by Gasteiger charge is -2.00. The Balaban J connectivity index is 2.10. The molecule has 0 heterocycles. The molecule has 0 spiro atoms. The summed E-state index contributed by atoms with van der Waals surface area (Å²) in [4.78, 5) is 9.58. The number of halogens is 2. The Kier molecular flexibility index (Phi) is 5.48. The van der Waals surface area contributed by atoms with E-state index in [1.54, 1.807) is 36.4 Å². The van der Waals surface area contributed by atoms with Crippen molar-refractivity contribution in [1.82, 2.24) is 0 Å². The standard InChI is InChI=1S/C16H11ClFNO4S/c17-16-11-15(24(18,22)23)10-7-13(16)4-2-1-3-12-5-8-14(9-6-12)19(20)21/h1-11H/b3-1+,4-2-. The maximum Gasteiger partial charge on any atom is 0.332 e. The molecule has 0 aliphatic rings. The van der Waals surface area contributed by atoms with Gasteiger partial charge in [-0.2, -0.15) is 8.42 Å². The highest BCUT2D eigenvalue weighted by molar-refractivity contribution is 7.86. The minimum Gasteiger partial charge on any atom is -0.258 e. The maximum atomic E-state index is 12.8. The predicted molar refractivity (Wildman–Crippen MR) is 90.9 cm³/mol. The number of rotatable bonds is 5. The fourth-order valence-electron chi connectivity index (χ4n) is 1.83. The third-order valence-electron chi connectivity index (χ3n) is 3.03. The van der Waals surface area contributed by atoms with Crippen LogP contribution in [0.25, 0.3) is 12.2 Å². The summed E-state index contributed by atoms with van der Waals surface area (Å²) in [6, 6.07) is 9.57. The lowest BCUT2D eigenvalue weighted by molar-refractivity contribution is -0.384. The van der Waals surface area contributed by atoms with Crippen molar-refractivity contribution in [2.75, 3.05) is 0 Å². The molecule has 0 radical (unpaired) electrons. The van der Waals surface area contributed by atoms with Crippen molar-refractivity contribution in [3.05, 3.63) is 80.9 Å². The monoisotopic (exact) mass is 367 g/mol. The summed E-state index contributed by atoms with van der Waals surface area (Å²) in [5.41, 5.74) is 1.31. The molecule has 5 nitrogen and oxygen atoms in total. The van der Waals surface area contributed by atoms with Gasteiger partial charge < -0.3 is 0 Å². The SMILES string of the molecule is O=[N+]([O-])c1ccc(/C=C/C=C\c2ccc(S(=O)(=O)F)cc2Cl)cc1. The number of non-ortho nitro benzene ring substituents is 1. The molecule has 0 saturated carbocycles. The van der Waals surface area contributed by atoms with Gasteiger partial charge in [-0.25, -0.2) is 0 Å². The molecule has 0 fully saturated rings. The van der Waals surface area contributed by atoms with E-state index in [2.05, 4.69) is 0 Å². The van der Waals surface area contributed by atoms with Crippen LogP contribution in [0.4, 0.5) is 9.57 Å². The van der Waals surface area contributed by atoms with Gasteiger partial charge in [0.25, 0.3) is 5.69 Å². The van der Waals surface area contributed by atoms with Crippen LogP contribution in [-0.2, 0) is 10.2 Å². The van der Waals surface area contributed by atoms with Gasteiger partial charge in [0.1, 0.15) is 0 Å². The first-order valence-corrected chi connectivity index (χ1v) is 8.37. The van der Waals surface area contributed by atoms with Gasteiger partial charge in [-0.1, -0.05) is 42.0 Å². The van der Waals surface area contributed by atoms with E-state index < -0.39 is 20.0 Å². The number of nitrogens with zero attached hydrogens (tertiary/aromatic N) is 1. The van der Waals surface area contributed by atoms with E-state index in [1.165, 1.54) is 18.2 Å². The van der Waals surface area contributed by atoms with Gasteiger partial charge in [-0.15, -0.1) is 3.89 Å². The van der Waals surface area contributed by atoms with Gasteiger partial charge in [-0.05, 0) is 35.4 Å². The molecular formula is C16H11ClFNO4S. The highest BCUT2D eigenvalue weighted by Gasteiger charge is 2.12. The van der Waals surface area contributed by atoms with Crippen LogP contribution < -0.4 is 0 Å². The van der Waals surface area contributed by atoms with Crippen molar-refractivity contribution in [3.8, 4) is 0 Å². The minimum absolute atomic E-state index is 0.0115. The molecule has 0 aromatic heterocycles. The zero-order valence-corrected chi connectivity index (χ0v) is 13.7. The van der Waals surface area contributed by atoms with E-state index in [-0.39, 0.29) is 10.7 Å². The van der Waals surface area contributed by atoms with Crippen LogP contribution in [0.3, 0.4) is 0 Å². The second-order valence-electron chi connectivity index (χ2n) is 4.69. The fourth-order valence-corrected chi connectivity index (χ4v) is 2.63. The Morgan fingerprint density at radius 2 is 1.67 bits per heavy atom. The Morgan fingerprint density at radius 1 is 1.04 bits per heavy atom. The number of hydrogen-bond donors (Lipinski definition) is 0. The normalized spacial score (nSPS) is 12.1. The number of nitro groups is 1. The Bertz CT molecular complexity index is 922. The average Bonchev–Trinajstić information content (AvgIpc) is 2.52. The van der Waals surface area contributed by atoms with Crippen molar-refractivity contribution in [1.29, 1.82) is 0 Å². The first-order valence-electron chi connectivity index (χ1n) is 6.61. The lowest BCUT2D eigenvalue weighted by atomic mass is 10.1. The van der Waals surface area contributed by atoms with Gasteiger partial charge in [0.15, 0.2) is 0 Å². The molecule has 0 aliphatic carbocycles. The van der Waals surface area contributed by atoms with Crippen LogP contribution in [0.15, 0.2) is 59.5 Å². The summed E-state index contributed by atoms with van der Waals surface area (Å²) in [7, 11) is -4.78. The van der Waals surface area contributed by atoms with Crippen molar-refractivity contribution < 1.29 is 17.2 Å². The zero-order valence-electron chi connectivity index (χ0n) is 12.1. The molecule has 124 valence electrons. The number of hydrogen-bond acceptors (Lipinski definition) is 4. The molecule has 0 aliphatic heterocycles. The molecule has 0 bridgehead atoms. The van der Waals surface area contributed by atoms with Crippen molar-refractivity contribution in [3.63, 3.8) is 0 Å². The summed E-state index contributed by atoms with van der Waals surface area (Å²) in [5.74, 6) is 0. The fraction of sp³-hybridized carbons (Fsp3) is 0. The largest absolute Gasteiger partial charge is 0.332 e. The van der Waals surface area contributed by atoms with E-state index in [0.29, 0.717) is 5.56 Å². The summed E-state index contributed by atoms with van der Waals surface area (Å²) in [6.45, 7) is 0. The maximum absolute atomic E-state index is 12.8. The van der Waals surface area contributed by atoms with Crippen LogP contribution >= 0.6 is 11.6 Å². The Morgan fingerprint density at radius 3 is 2.21 bits per heavy atom. The first kappa shape index (κ1) is 17.8. The second-order valence-corrected chi connectivity index (χ2v) is 6.44. The zero-order chi connectivity index (χ0) is 17.7. The van der Waals surface area contributed by atoms with Gasteiger partial charge >= 0.3 is 10.2 Å². The average molecular weight is 368 g/mol. The first-order chi connectivity index (χ1) is 11.3. The van der Waals surface area contributed by atoms with Gasteiger partial charge in [-0.3, -0.25) is 10.1 Å². The van der Waals surface area contributed by atoms with Gasteiger partial charge in [0.2, 0.25) is 0 Å². The highest BCUT2D eigenvalue weighted by atomic mass is 35.5. The van der Waals surface area contributed by atoms with E-state index in [9.17, 15) is 22.4 Å². The van der Waals surface area contributed by atoms with Crippen LogP contribution in [0.5, 0.6) is 0 Å². The van der Waals surface area contributed by atoms with Crippen molar-refractivity contribution in [2.45, 2.75) is 4.90 Å². The molecule has 2 rings (SSSR count). The molecule has 24 heavy (non-hydrogen) atoms. The summed E-state index contributed by atoms with van der Waals surface area (Å²) < 4.78 is 34.4. The quantitative estimate of drug-likeness (QED) is 0.334. The second kappa shape index (κ2) is 7.37. The highest BCUT2D eigenvalue weighted by Crippen LogP contribution is 2.23. The smallest absolute Gasteiger partial charge is 0.258 e. The van der Waals surface area contributed by atoms with Crippen LogP contribution in [0, 0.1) is 10.1 Å². The molecule has 0 N–H and O–H groups in total. The van der Waals surface area contributed by atoms with Crippen LogP contribution in [-0.4, -0.2) is 13.3 Å². The molecule has 8 heteroatoms. The van der Waals surface area contributed by atoms with E-state index >= 15 is 0 Å². The Hall–Kier alpha value is -2.51. The van der Waals surface area contributed by atoms with Crippen LogP contribution in [0.1, 0.15) is 11.1 Å². The third kappa shape index (κ3) is 4.74. The molecule has 0 atom stereocenters. The molecule has 0 unspecified atom stereocenters.